The number of anilines is 2. The van der Waals surface area contributed by atoms with Crippen LogP contribution in [0.1, 0.15) is 56.8 Å². The number of methoxy groups -OCH3 is 1. The normalized spacial score (nSPS) is 11.2. The van der Waals surface area contributed by atoms with Crippen molar-refractivity contribution in [2.45, 2.75) is 46.5 Å². The molecule has 0 aromatic heterocycles. The molecule has 0 saturated carbocycles. The second-order valence-electron chi connectivity index (χ2n) is 6.27. The lowest BCUT2D eigenvalue weighted by Crippen LogP contribution is -2.23. The zero-order valence-corrected chi connectivity index (χ0v) is 13.7. The fourth-order valence-electron chi connectivity index (χ4n) is 2.24. The van der Waals surface area contributed by atoms with E-state index in [9.17, 15) is 4.79 Å². The van der Waals surface area contributed by atoms with Crippen LogP contribution < -0.4 is 11.1 Å². The first-order chi connectivity index (χ1) is 9.89. The monoisotopic (exact) mass is 292 g/mol. The number of nitrogen functional groups attached to an aromatic ring is 1. The van der Waals surface area contributed by atoms with E-state index in [1.807, 2.05) is 6.07 Å². The van der Waals surface area contributed by atoms with E-state index in [4.69, 9.17) is 5.73 Å². The zero-order chi connectivity index (χ0) is 15.9. The lowest BCUT2D eigenvalue weighted by molar-refractivity contribution is 0.0601. The second kappa shape index (κ2) is 7.91. The van der Waals surface area contributed by atoms with Crippen LogP contribution >= 0.6 is 0 Å². The van der Waals surface area contributed by atoms with Crippen LogP contribution in [0.25, 0.3) is 0 Å². The van der Waals surface area contributed by atoms with Gasteiger partial charge in [-0.15, -0.1) is 0 Å². The van der Waals surface area contributed by atoms with Gasteiger partial charge in [-0.3, -0.25) is 0 Å². The molecular weight excluding hydrogens is 264 g/mol. The molecule has 1 aromatic carbocycles. The summed E-state index contributed by atoms with van der Waals surface area (Å²) in [4.78, 5) is 11.4. The number of unbranched alkanes of at least 4 members (excludes halogenated alkanes) is 2. The van der Waals surface area contributed by atoms with E-state index in [-0.39, 0.29) is 11.4 Å². The van der Waals surface area contributed by atoms with Gasteiger partial charge in [-0.2, -0.15) is 0 Å². The van der Waals surface area contributed by atoms with Gasteiger partial charge in [0.2, 0.25) is 0 Å². The fourth-order valence-corrected chi connectivity index (χ4v) is 2.24. The van der Waals surface area contributed by atoms with Crippen LogP contribution in [0.2, 0.25) is 0 Å². The summed E-state index contributed by atoms with van der Waals surface area (Å²) >= 11 is 0. The van der Waals surface area contributed by atoms with E-state index in [1.54, 1.807) is 12.1 Å². The van der Waals surface area contributed by atoms with Crippen molar-refractivity contribution in [3.05, 3.63) is 23.8 Å². The molecule has 0 unspecified atom stereocenters. The highest BCUT2D eigenvalue weighted by molar-refractivity contribution is 5.91. The molecular formula is C17H28N2O2. The molecule has 21 heavy (non-hydrogen) atoms. The Balaban J connectivity index is 2.61. The SMILES string of the molecule is CCCCCC(C)(C)CNc1ccc(C(=O)OC)cc1N. The van der Waals surface area contributed by atoms with Gasteiger partial charge in [0.15, 0.2) is 0 Å². The van der Waals surface area contributed by atoms with E-state index in [1.165, 1.54) is 32.8 Å². The number of carbonyl (C=O) groups excluding carboxylic acids is 1. The van der Waals surface area contributed by atoms with Gasteiger partial charge < -0.3 is 15.8 Å². The van der Waals surface area contributed by atoms with Gasteiger partial charge in [-0.25, -0.2) is 4.79 Å². The fraction of sp³-hybridized carbons (Fsp3) is 0.588. The highest BCUT2D eigenvalue weighted by Crippen LogP contribution is 2.26. The summed E-state index contributed by atoms with van der Waals surface area (Å²) in [5, 5.41) is 3.39. The van der Waals surface area contributed by atoms with Crippen LogP contribution in [0.5, 0.6) is 0 Å². The number of ether oxygens (including phenoxy) is 1. The number of hydrogen-bond acceptors (Lipinski definition) is 4. The van der Waals surface area contributed by atoms with Gasteiger partial charge in [0.05, 0.1) is 24.0 Å². The maximum absolute atomic E-state index is 11.4. The Hall–Kier alpha value is -1.71. The van der Waals surface area contributed by atoms with Crippen molar-refractivity contribution in [2.24, 2.45) is 5.41 Å². The van der Waals surface area contributed by atoms with Gasteiger partial charge >= 0.3 is 5.97 Å². The molecule has 0 atom stereocenters. The maximum atomic E-state index is 11.4. The smallest absolute Gasteiger partial charge is 0.337 e. The molecule has 0 aliphatic heterocycles. The Morgan fingerprint density at radius 1 is 1.33 bits per heavy atom. The van der Waals surface area contributed by atoms with Gasteiger partial charge in [0.25, 0.3) is 0 Å². The predicted molar refractivity (Wildman–Crippen MR) is 88.6 cm³/mol. The Morgan fingerprint density at radius 3 is 2.62 bits per heavy atom. The standard InChI is InChI=1S/C17H28N2O2/c1-5-6-7-10-17(2,3)12-19-15-9-8-13(11-14(15)18)16(20)21-4/h8-9,11,19H,5-7,10,12,18H2,1-4H3. The summed E-state index contributed by atoms with van der Waals surface area (Å²) in [6.45, 7) is 7.59. The number of carbonyl (C=O) groups is 1. The van der Waals surface area contributed by atoms with Gasteiger partial charge in [-0.1, -0.05) is 40.0 Å². The van der Waals surface area contributed by atoms with E-state index >= 15 is 0 Å². The van der Waals surface area contributed by atoms with Crippen molar-refractivity contribution in [3.8, 4) is 0 Å². The van der Waals surface area contributed by atoms with Crippen LogP contribution in [-0.4, -0.2) is 19.6 Å². The minimum atomic E-state index is -0.367. The Labute approximate surface area is 128 Å². The van der Waals surface area contributed by atoms with Crippen LogP contribution in [0.3, 0.4) is 0 Å². The predicted octanol–water partition coefficient (Wildman–Crippen LogP) is 4.07. The number of hydrogen-bond donors (Lipinski definition) is 2. The summed E-state index contributed by atoms with van der Waals surface area (Å²) in [6.07, 6.45) is 4.96. The van der Waals surface area contributed by atoms with Crippen molar-refractivity contribution < 1.29 is 9.53 Å². The van der Waals surface area contributed by atoms with E-state index < -0.39 is 0 Å². The van der Waals surface area contributed by atoms with Crippen LogP contribution in [0.15, 0.2) is 18.2 Å². The van der Waals surface area contributed by atoms with Gasteiger partial charge in [0, 0.05) is 6.54 Å². The number of rotatable bonds is 8. The topological polar surface area (TPSA) is 64.3 Å². The van der Waals surface area contributed by atoms with Gasteiger partial charge in [-0.05, 0) is 30.0 Å². The Morgan fingerprint density at radius 2 is 2.05 bits per heavy atom. The first kappa shape index (κ1) is 17.3. The van der Waals surface area contributed by atoms with Crippen molar-refractivity contribution >= 4 is 17.3 Å². The molecule has 118 valence electrons. The molecule has 0 aliphatic carbocycles. The quantitative estimate of drug-likeness (QED) is 0.430. The lowest BCUT2D eigenvalue weighted by Gasteiger charge is -2.26. The van der Waals surface area contributed by atoms with Gasteiger partial charge in [0.1, 0.15) is 0 Å². The second-order valence-corrected chi connectivity index (χ2v) is 6.27. The lowest BCUT2D eigenvalue weighted by atomic mass is 9.87. The van der Waals surface area contributed by atoms with Crippen LogP contribution in [0.4, 0.5) is 11.4 Å². The minimum absolute atomic E-state index is 0.225. The van der Waals surface area contributed by atoms with Crippen molar-refractivity contribution in [3.63, 3.8) is 0 Å². The molecule has 0 radical (unpaired) electrons. The highest BCUT2D eigenvalue weighted by atomic mass is 16.5. The highest BCUT2D eigenvalue weighted by Gasteiger charge is 2.17. The summed E-state index contributed by atoms with van der Waals surface area (Å²) in [5.41, 5.74) is 8.13. The maximum Gasteiger partial charge on any atom is 0.337 e. The molecule has 1 aromatic rings. The van der Waals surface area contributed by atoms with Crippen LogP contribution in [-0.2, 0) is 4.74 Å². The Bertz CT molecular complexity index is 470. The molecule has 0 aliphatic rings. The first-order valence-corrected chi connectivity index (χ1v) is 7.61. The average molecular weight is 292 g/mol. The first-order valence-electron chi connectivity index (χ1n) is 7.61. The molecule has 0 bridgehead atoms. The molecule has 0 amide bonds. The number of nitrogens with two attached hydrogens (primary N) is 1. The molecule has 4 nitrogen and oxygen atoms in total. The molecule has 0 heterocycles. The third kappa shape index (κ3) is 5.66. The van der Waals surface area contributed by atoms with E-state index in [0.717, 1.165) is 12.2 Å². The minimum Gasteiger partial charge on any atom is -0.465 e. The van der Waals surface area contributed by atoms with Crippen LogP contribution in [0, 0.1) is 5.41 Å². The Kier molecular flexibility index (Phi) is 6.53. The van der Waals surface area contributed by atoms with E-state index in [0.29, 0.717) is 11.3 Å². The van der Waals surface area contributed by atoms with Crippen molar-refractivity contribution in [1.82, 2.24) is 0 Å². The molecule has 3 N–H and O–H groups in total. The summed E-state index contributed by atoms with van der Waals surface area (Å²) in [6, 6.07) is 5.22. The van der Waals surface area contributed by atoms with Crippen molar-refractivity contribution in [2.75, 3.05) is 24.7 Å². The third-order valence-electron chi connectivity index (χ3n) is 3.69. The largest absolute Gasteiger partial charge is 0.465 e. The number of nitrogens with one attached hydrogen (secondary N) is 1. The number of benzene rings is 1. The summed E-state index contributed by atoms with van der Waals surface area (Å²) in [5.74, 6) is -0.367. The van der Waals surface area contributed by atoms with Crippen molar-refractivity contribution in [1.29, 1.82) is 0 Å². The summed E-state index contributed by atoms with van der Waals surface area (Å²) in [7, 11) is 1.36. The average Bonchev–Trinajstić information content (AvgIpc) is 2.45. The van der Waals surface area contributed by atoms with E-state index in [2.05, 4.69) is 30.8 Å². The molecule has 0 spiro atoms. The zero-order valence-electron chi connectivity index (χ0n) is 13.7. The molecule has 1 rings (SSSR count). The summed E-state index contributed by atoms with van der Waals surface area (Å²) < 4.78 is 4.69. The molecule has 0 fully saturated rings. The third-order valence-corrected chi connectivity index (χ3v) is 3.69. The number of esters is 1. The molecule has 4 heteroatoms. The molecule has 0 saturated heterocycles.